The van der Waals surface area contributed by atoms with E-state index in [4.69, 9.17) is 26.1 Å². The first-order valence-corrected chi connectivity index (χ1v) is 14.3. The highest BCUT2D eigenvalue weighted by atomic mass is 35.5. The highest BCUT2D eigenvalue weighted by Crippen LogP contribution is 2.32. The van der Waals surface area contributed by atoms with Crippen molar-refractivity contribution in [3.63, 3.8) is 0 Å². The van der Waals surface area contributed by atoms with Crippen molar-refractivity contribution in [2.75, 3.05) is 37.0 Å². The van der Waals surface area contributed by atoms with Crippen molar-refractivity contribution in [1.29, 1.82) is 5.26 Å². The quantitative estimate of drug-likeness (QED) is 0.322. The third-order valence-corrected chi connectivity index (χ3v) is 7.85. The van der Waals surface area contributed by atoms with Crippen molar-refractivity contribution < 1.29 is 14.3 Å². The maximum Gasteiger partial charge on any atom is 0.307 e. The zero-order valence-electron chi connectivity index (χ0n) is 22.8. The molecule has 39 heavy (non-hydrogen) atoms. The first-order chi connectivity index (χ1) is 18.9. The van der Waals surface area contributed by atoms with Crippen molar-refractivity contribution in [3.8, 4) is 17.3 Å². The molecule has 1 aliphatic heterocycles. The molecule has 10 heteroatoms. The summed E-state index contributed by atoms with van der Waals surface area (Å²) in [5, 5.41) is 20.8. The molecule has 0 unspecified atom stereocenters. The van der Waals surface area contributed by atoms with Gasteiger partial charge in [0.25, 0.3) is 0 Å². The molecule has 0 spiro atoms. The number of halogens is 1. The smallest absolute Gasteiger partial charge is 0.307 e. The molecule has 1 saturated heterocycles. The van der Waals surface area contributed by atoms with E-state index in [1.807, 2.05) is 38.1 Å². The van der Waals surface area contributed by atoms with E-state index in [2.05, 4.69) is 27.0 Å². The van der Waals surface area contributed by atoms with Gasteiger partial charge in [-0.05, 0) is 70.6 Å². The molecular formula is C29H39ClN6O3. The highest BCUT2D eigenvalue weighted by molar-refractivity contribution is 6.33. The number of carbonyl (C=O) groups is 1. The standard InChI is InChI=1S/C29H39ClN6O3/c1-3-39-28(37)15-20(2)34-21-7-9-22(10-8-21)35-27-16-23(24(30)17-32-27)25-5-4-6-26(36-25)33-19-29(18-31)11-13-38-14-12-29/h4-6,16-17,20-22,34H,3,7-15,19H2,1-2H3,(H,32,35)(H,33,36)/t20-,21?,22?/m1/s1. The Morgan fingerprint density at radius 3 is 2.69 bits per heavy atom. The fraction of sp³-hybridized carbons (Fsp3) is 0.586. The third kappa shape index (κ3) is 8.28. The van der Waals surface area contributed by atoms with Crippen LogP contribution in [0.4, 0.5) is 11.6 Å². The number of hydrogen-bond donors (Lipinski definition) is 3. The molecule has 3 heterocycles. The van der Waals surface area contributed by atoms with Crippen LogP contribution in [0, 0.1) is 16.7 Å². The molecule has 1 saturated carbocycles. The van der Waals surface area contributed by atoms with Crippen LogP contribution < -0.4 is 16.0 Å². The first-order valence-electron chi connectivity index (χ1n) is 13.9. The Morgan fingerprint density at radius 2 is 1.97 bits per heavy atom. The first kappa shape index (κ1) is 29.1. The number of esters is 1. The number of carbonyl (C=O) groups excluding carboxylic acids is 1. The van der Waals surface area contributed by atoms with Gasteiger partial charge in [-0.2, -0.15) is 5.26 Å². The molecule has 2 aromatic heterocycles. The maximum atomic E-state index is 11.7. The SMILES string of the molecule is CCOC(=O)C[C@@H](C)NC1CCC(Nc2cc(-c3cccc(NCC4(C#N)CCOCC4)n3)c(Cl)cn2)CC1. The van der Waals surface area contributed by atoms with Crippen LogP contribution >= 0.6 is 11.6 Å². The molecular weight excluding hydrogens is 516 g/mol. The van der Waals surface area contributed by atoms with Gasteiger partial charge in [-0.15, -0.1) is 0 Å². The molecule has 0 aromatic carbocycles. The fourth-order valence-corrected chi connectivity index (χ4v) is 5.49. The number of anilines is 2. The van der Waals surface area contributed by atoms with E-state index in [1.54, 1.807) is 6.20 Å². The third-order valence-electron chi connectivity index (χ3n) is 7.55. The zero-order chi connectivity index (χ0) is 27.7. The molecule has 0 bridgehead atoms. The van der Waals surface area contributed by atoms with E-state index in [0.717, 1.165) is 42.8 Å². The summed E-state index contributed by atoms with van der Waals surface area (Å²) in [6, 6.07) is 11.0. The van der Waals surface area contributed by atoms with Gasteiger partial charge in [-0.3, -0.25) is 4.79 Å². The molecule has 4 rings (SSSR count). The number of hydrogen-bond acceptors (Lipinski definition) is 9. The number of aromatic nitrogens is 2. The van der Waals surface area contributed by atoms with Crippen LogP contribution in [0.5, 0.6) is 0 Å². The van der Waals surface area contributed by atoms with Crippen molar-refractivity contribution in [2.24, 2.45) is 5.41 Å². The average molecular weight is 555 g/mol. The molecule has 1 atom stereocenters. The van der Waals surface area contributed by atoms with Crippen LogP contribution in [0.2, 0.25) is 5.02 Å². The summed E-state index contributed by atoms with van der Waals surface area (Å²) in [6.45, 7) is 6.02. The Morgan fingerprint density at radius 1 is 1.23 bits per heavy atom. The second kappa shape index (κ2) is 13.9. The fourth-order valence-electron chi connectivity index (χ4n) is 5.29. The van der Waals surface area contributed by atoms with Crippen molar-refractivity contribution in [3.05, 3.63) is 35.5 Å². The van der Waals surface area contributed by atoms with Crippen LogP contribution in [0.3, 0.4) is 0 Å². The van der Waals surface area contributed by atoms with Crippen LogP contribution in [0.25, 0.3) is 11.3 Å². The van der Waals surface area contributed by atoms with Gasteiger partial charge in [0.05, 0.1) is 35.2 Å². The zero-order valence-corrected chi connectivity index (χ0v) is 23.6. The lowest BCUT2D eigenvalue weighted by molar-refractivity contribution is -0.143. The monoisotopic (exact) mass is 554 g/mol. The maximum absolute atomic E-state index is 11.7. The summed E-state index contributed by atoms with van der Waals surface area (Å²) in [7, 11) is 0. The predicted molar refractivity (Wildman–Crippen MR) is 153 cm³/mol. The summed E-state index contributed by atoms with van der Waals surface area (Å²) in [6.07, 6.45) is 7.55. The Kier molecular flexibility index (Phi) is 10.4. The summed E-state index contributed by atoms with van der Waals surface area (Å²) >= 11 is 6.54. The lowest BCUT2D eigenvalue weighted by atomic mass is 9.82. The summed E-state index contributed by atoms with van der Waals surface area (Å²) < 4.78 is 10.5. The minimum atomic E-state index is -0.436. The molecule has 9 nitrogen and oxygen atoms in total. The number of nitrogens with one attached hydrogen (secondary N) is 3. The topological polar surface area (TPSA) is 121 Å². The van der Waals surface area contributed by atoms with E-state index in [-0.39, 0.29) is 12.0 Å². The largest absolute Gasteiger partial charge is 0.466 e. The summed E-state index contributed by atoms with van der Waals surface area (Å²) in [4.78, 5) is 21.0. The molecule has 2 fully saturated rings. The molecule has 210 valence electrons. The van der Waals surface area contributed by atoms with Gasteiger partial charge in [0.15, 0.2) is 0 Å². The van der Waals surface area contributed by atoms with E-state index < -0.39 is 5.41 Å². The predicted octanol–water partition coefficient (Wildman–Crippen LogP) is 5.18. The molecule has 2 aliphatic rings. The minimum absolute atomic E-state index is 0.0962. The summed E-state index contributed by atoms with van der Waals surface area (Å²) in [5.74, 6) is 1.32. The van der Waals surface area contributed by atoms with Crippen LogP contribution in [0.15, 0.2) is 30.5 Å². The van der Waals surface area contributed by atoms with Gasteiger partial charge in [0, 0.05) is 49.6 Å². The number of rotatable bonds is 11. The highest BCUT2D eigenvalue weighted by Gasteiger charge is 2.32. The van der Waals surface area contributed by atoms with Gasteiger partial charge >= 0.3 is 5.97 Å². The Labute approximate surface area is 236 Å². The van der Waals surface area contributed by atoms with E-state index in [9.17, 15) is 10.1 Å². The van der Waals surface area contributed by atoms with Gasteiger partial charge in [0.2, 0.25) is 0 Å². The second-order valence-corrected chi connectivity index (χ2v) is 11.0. The number of nitrogens with zero attached hydrogens (tertiary/aromatic N) is 3. The van der Waals surface area contributed by atoms with Gasteiger partial charge in [-0.1, -0.05) is 17.7 Å². The molecule has 1 aliphatic carbocycles. The Balaban J connectivity index is 1.33. The minimum Gasteiger partial charge on any atom is -0.466 e. The van der Waals surface area contributed by atoms with Crippen LogP contribution in [0.1, 0.15) is 58.8 Å². The number of nitriles is 1. The van der Waals surface area contributed by atoms with Crippen molar-refractivity contribution in [1.82, 2.24) is 15.3 Å². The molecule has 0 amide bonds. The Bertz CT molecular complexity index is 1140. The van der Waals surface area contributed by atoms with E-state index in [0.29, 0.717) is 68.6 Å². The average Bonchev–Trinajstić information content (AvgIpc) is 2.95. The Hall–Kier alpha value is -2.93. The van der Waals surface area contributed by atoms with Crippen molar-refractivity contribution >= 4 is 29.2 Å². The van der Waals surface area contributed by atoms with Gasteiger partial charge < -0.3 is 25.4 Å². The van der Waals surface area contributed by atoms with E-state index in [1.165, 1.54) is 0 Å². The van der Waals surface area contributed by atoms with Gasteiger partial charge in [-0.25, -0.2) is 9.97 Å². The van der Waals surface area contributed by atoms with Crippen molar-refractivity contribution in [2.45, 2.75) is 76.9 Å². The van der Waals surface area contributed by atoms with E-state index >= 15 is 0 Å². The number of ether oxygens (including phenoxy) is 2. The van der Waals surface area contributed by atoms with Crippen LogP contribution in [-0.4, -0.2) is 60.4 Å². The molecule has 0 radical (unpaired) electrons. The normalized spacial score (nSPS) is 21.4. The van der Waals surface area contributed by atoms with Gasteiger partial charge in [0.1, 0.15) is 11.6 Å². The summed E-state index contributed by atoms with van der Waals surface area (Å²) in [5.41, 5.74) is 1.12. The molecule has 2 aromatic rings. The molecule has 3 N–H and O–H groups in total. The lowest BCUT2D eigenvalue weighted by Crippen LogP contribution is -2.42. The lowest BCUT2D eigenvalue weighted by Gasteiger charge is -2.32. The second-order valence-electron chi connectivity index (χ2n) is 10.6. The number of pyridine rings is 2. The van der Waals surface area contributed by atoms with Crippen LogP contribution in [-0.2, 0) is 14.3 Å².